The summed E-state index contributed by atoms with van der Waals surface area (Å²) in [6.45, 7) is 0. The van der Waals surface area contributed by atoms with E-state index in [2.05, 4.69) is 117 Å². The number of amides is 6. The summed E-state index contributed by atoms with van der Waals surface area (Å²) in [6, 6.07) is 1.07. The second-order valence-electron chi connectivity index (χ2n) is 13.4. The van der Waals surface area contributed by atoms with Crippen molar-refractivity contribution in [1.29, 1.82) is 0 Å². The number of benzene rings is 1. The molecule has 41 nitrogen and oxygen atoms in total. The quantitative estimate of drug-likeness (QED) is 0.0542. The third kappa shape index (κ3) is 10.7. The van der Waals surface area contributed by atoms with E-state index in [-0.39, 0.29) is 11.6 Å². The molecule has 0 aliphatic heterocycles. The first kappa shape index (κ1) is 47.7. The Morgan fingerprint density at radius 2 is 0.375 bits per heavy atom. The number of carbonyl (C=O) groups excluding carboxylic acids is 6. The van der Waals surface area contributed by atoms with Crippen molar-refractivity contribution in [3.05, 3.63) is 39.4 Å². The molecule has 0 saturated carbocycles. The number of nitrogens with two attached hydrogens (primary N) is 12. The fraction of sp³-hybridized carbons (Fsp3) is 0. The molecule has 6 heterocycles. The average molecular weight is 990 g/mol. The van der Waals surface area contributed by atoms with Gasteiger partial charge in [0.05, 0.1) is 33.4 Å². The van der Waals surface area contributed by atoms with Crippen molar-refractivity contribution in [3.8, 4) is 0 Å². The Kier molecular flexibility index (Phi) is 12.6. The molecule has 0 spiro atoms. The van der Waals surface area contributed by atoms with Crippen LogP contribution in [0.5, 0.6) is 0 Å². The van der Waals surface area contributed by atoms with E-state index < -0.39 is 164 Å². The molecule has 0 saturated heterocycles. The van der Waals surface area contributed by atoms with E-state index in [9.17, 15) is 0 Å². The molecule has 0 atom stereocenters. The Labute approximate surface area is 395 Å². The summed E-state index contributed by atoms with van der Waals surface area (Å²) in [5, 5.41) is 12.8. The lowest BCUT2D eigenvalue weighted by atomic mass is 9.83. The number of rotatable bonds is 12. The van der Waals surface area contributed by atoms with Crippen LogP contribution in [0.25, 0.3) is 0 Å². The van der Waals surface area contributed by atoms with Gasteiger partial charge in [0.2, 0.25) is 95.2 Å². The molecule has 0 aliphatic carbocycles. The first-order chi connectivity index (χ1) is 34.0. The average Bonchev–Trinajstić information content (AvgIpc) is 3.23. The van der Waals surface area contributed by atoms with Crippen LogP contribution in [0.3, 0.4) is 0 Å². The van der Waals surface area contributed by atoms with E-state index >= 15 is 28.8 Å². The Bertz CT molecular complexity index is 2720. The number of aromatic nitrogens is 17. The molecule has 6 amide bonds. The number of carbonyl (C=O) groups is 6. The highest BCUT2D eigenvalue weighted by molar-refractivity contribution is 6.33. The second kappa shape index (κ2) is 18.9. The van der Waals surface area contributed by atoms with Crippen LogP contribution >= 0.6 is 0 Å². The Hall–Kier alpha value is -12.2. The van der Waals surface area contributed by atoms with Crippen LogP contribution in [0.4, 0.5) is 107 Å². The minimum Gasteiger partial charge on any atom is -0.383 e. The Morgan fingerprint density at radius 1 is 0.236 bits per heavy atom. The number of anilines is 18. The number of hydrogen-bond acceptors (Lipinski definition) is 35. The zero-order chi connectivity index (χ0) is 52.3. The van der Waals surface area contributed by atoms with Gasteiger partial charge in [-0.3, -0.25) is 60.7 Å². The van der Waals surface area contributed by atoms with Crippen LogP contribution in [0.15, 0.2) is 6.07 Å². The van der Waals surface area contributed by atoms with Gasteiger partial charge in [-0.05, 0) is 0 Å². The smallest absolute Gasteiger partial charge is 0.259 e. The lowest BCUT2D eigenvalue weighted by Gasteiger charge is -2.24. The highest BCUT2D eigenvalue weighted by Gasteiger charge is 2.42. The van der Waals surface area contributed by atoms with E-state index in [0.29, 0.717) is 0 Å². The molecule has 366 valence electrons. The van der Waals surface area contributed by atoms with Gasteiger partial charge in [-0.15, -0.1) is 0 Å². The van der Waals surface area contributed by atoms with Crippen LogP contribution in [-0.2, 0) is 0 Å². The third-order valence-electron chi connectivity index (χ3n) is 8.33. The molecule has 72 heavy (non-hydrogen) atoms. The zero-order valence-corrected chi connectivity index (χ0v) is 35.6. The highest BCUT2D eigenvalue weighted by Crippen LogP contribution is 2.34. The van der Waals surface area contributed by atoms with Gasteiger partial charge in [-0.2, -0.15) is 84.7 Å². The summed E-state index contributed by atoms with van der Waals surface area (Å²) >= 11 is 0. The molecular weight excluding hydrogens is 959 g/mol. The van der Waals surface area contributed by atoms with E-state index in [0.717, 1.165) is 6.07 Å². The third-order valence-corrected chi connectivity index (χ3v) is 8.33. The molecular formula is C31H31N35O6. The van der Waals surface area contributed by atoms with E-state index in [1.165, 1.54) is 0 Å². The van der Waals surface area contributed by atoms with Crippen molar-refractivity contribution in [2.75, 3.05) is 101 Å². The number of nitrogens with one attached hydrogen (secondary N) is 6. The molecule has 0 bridgehead atoms. The van der Waals surface area contributed by atoms with Crippen LogP contribution in [0, 0.1) is 0 Å². The lowest BCUT2D eigenvalue weighted by Crippen LogP contribution is -2.37. The summed E-state index contributed by atoms with van der Waals surface area (Å²) in [7, 11) is 0. The van der Waals surface area contributed by atoms with Crippen molar-refractivity contribution < 1.29 is 28.8 Å². The molecule has 30 N–H and O–H groups in total. The normalized spacial score (nSPS) is 10.7. The van der Waals surface area contributed by atoms with Gasteiger partial charge >= 0.3 is 0 Å². The van der Waals surface area contributed by atoms with Gasteiger partial charge < -0.3 is 68.8 Å². The molecule has 0 unspecified atom stereocenters. The van der Waals surface area contributed by atoms with Crippen molar-refractivity contribution in [2.24, 2.45) is 0 Å². The number of nitrogens with zero attached hydrogens (tertiary/aromatic N) is 17. The summed E-state index contributed by atoms with van der Waals surface area (Å²) in [4.78, 5) is 154. The van der Waals surface area contributed by atoms with Crippen molar-refractivity contribution >= 4 is 142 Å². The first-order valence-corrected chi connectivity index (χ1v) is 18.9. The summed E-state index contributed by atoms with van der Waals surface area (Å²) in [5.74, 6) is -21.5. The molecule has 0 radical (unpaired) electrons. The van der Waals surface area contributed by atoms with Crippen molar-refractivity contribution in [2.45, 2.75) is 0 Å². The van der Waals surface area contributed by atoms with Gasteiger partial charge in [0.1, 0.15) is 11.6 Å². The van der Waals surface area contributed by atoms with Gasteiger partial charge in [0.25, 0.3) is 35.4 Å². The Morgan fingerprint density at radius 3 is 0.528 bits per heavy atom. The first-order valence-electron chi connectivity index (χ1n) is 18.9. The monoisotopic (exact) mass is 989 g/mol. The van der Waals surface area contributed by atoms with E-state index in [1.807, 2.05) is 0 Å². The Balaban J connectivity index is 1.68. The highest BCUT2D eigenvalue weighted by atomic mass is 16.2. The van der Waals surface area contributed by atoms with Crippen LogP contribution < -0.4 is 101 Å². The summed E-state index contributed by atoms with van der Waals surface area (Å²) < 4.78 is 0. The van der Waals surface area contributed by atoms with Crippen molar-refractivity contribution in [3.63, 3.8) is 0 Å². The molecule has 6 aromatic heterocycles. The molecule has 1 aromatic carbocycles. The number of hydrogen-bond donors (Lipinski definition) is 18. The molecule has 7 aromatic rings. The molecule has 0 fully saturated rings. The minimum absolute atomic E-state index is 0.345. The van der Waals surface area contributed by atoms with E-state index in [4.69, 9.17) is 68.8 Å². The maximum atomic E-state index is 15.2. The molecule has 7 rings (SSSR count). The van der Waals surface area contributed by atoms with Gasteiger partial charge in [-0.25, -0.2) is 0 Å². The maximum Gasteiger partial charge on any atom is 0.259 e. The van der Waals surface area contributed by atoms with Crippen LogP contribution in [-0.4, -0.2) is 120 Å². The zero-order valence-electron chi connectivity index (χ0n) is 35.6. The standard InChI is InChI=1S/C31H31N35O6/c32-2-1-3(33)45-26(44-2)46-10(67)4-5(11(68)47-27-57-16(34)52-17(35)58-27)7(13(70)49-29-61-20(38)54-21(39)62-29)9(15(72)51-31-65-24(42)56-25(43)66-31)8(14(71)50-30-63-22(40)55-23(41)64-30)6(4)12(69)48-28-59-18(36)53-19(37)60-28/h1H,(H5,32,33,44,45,46,67)(H5,34,35,47,52,57,58,68)(H5,36,37,48,53,59,60,69)(H5,38,39,49,54,61,62,70)(H5,40,41,50,55,63,64,71)(H5,42,43,51,56,65,66,72). The largest absolute Gasteiger partial charge is 0.383 e. The SMILES string of the molecule is Nc1cc(N)nc(NC(=O)c2c(C(=O)Nc3nc(N)nc(N)n3)c(C(=O)Nc3nc(N)nc(N)n3)c(C(=O)Nc3nc(N)nc(N)n3)c(C(=O)Nc3nc(N)nc(N)n3)c2C(=O)Nc2nc(N)nc(N)n2)n1. The lowest BCUT2D eigenvalue weighted by molar-refractivity contribution is 0.0948. The van der Waals surface area contributed by atoms with Crippen molar-refractivity contribution in [1.82, 2.24) is 84.7 Å². The number of nitrogen functional groups attached to an aromatic ring is 12. The maximum absolute atomic E-state index is 15.2. The summed E-state index contributed by atoms with van der Waals surface area (Å²) in [6.07, 6.45) is 0. The fourth-order valence-electron chi connectivity index (χ4n) is 5.96. The van der Waals surface area contributed by atoms with Gasteiger partial charge in [0.15, 0.2) is 0 Å². The fourth-order valence-corrected chi connectivity index (χ4v) is 5.96. The predicted molar refractivity (Wildman–Crippen MR) is 248 cm³/mol. The predicted octanol–water partition coefficient (Wildman–Crippen LogP) is -6.10. The second-order valence-corrected chi connectivity index (χ2v) is 13.4. The van der Waals surface area contributed by atoms with E-state index in [1.54, 1.807) is 0 Å². The van der Waals surface area contributed by atoms with Gasteiger partial charge in [0, 0.05) is 6.07 Å². The molecule has 41 heteroatoms. The minimum atomic E-state index is -1.70. The van der Waals surface area contributed by atoms with Crippen LogP contribution in [0.2, 0.25) is 0 Å². The summed E-state index contributed by atoms with van der Waals surface area (Å²) in [5.41, 5.74) is 61.1. The topological polar surface area (TPSA) is 706 Å². The molecule has 0 aliphatic rings. The van der Waals surface area contributed by atoms with Crippen LogP contribution in [0.1, 0.15) is 62.1 Å². The van der Waals surface area contributed by atoms with Gasteiger partial charge in [-0.1, -0.05) is 0 Å².